The standard InChI is InChI=1S/C25H48N4O7S2/c1-22(2)24(30)26-14-11-17-28(5,6)16-9-10-20-37(32,33)36-38(34,35)21-13-19-29(7,8)18-12-15-27-25(31)23(3)4/h1,3,9-21H2,2,4-8H3/p+2. The molecule has 11 nitrogen and oxygen atoms in total. The molecular weight excluding hydrogens is 532 g/mol. The van der Waals surface area contributed by atoms with Gasteiger partial charge in [-0.3, -0.25) is 9.59 Å². The SMILES string of the molecule is C=C(C)C(=O)NCCC[N+](C)(C)CCCCS(=O)(=O)OS(=O)(=O)CCC[N+](C)(C)CCCNC(=O)C(=C)C. The molecule has 0 unspecified atom stereocenters. The van der Waals surface area contributed by atoms with Gasteiger partial charge in [0.1, 0.15) is 0 Å². The van der Waals surface area contributed by atoms with Crippen LogP contribution in [-0.2, 0) is 33.5 Å². The summed E-state index contributed by atoms with van der Waals surface area (Å²) in [5.74, 6) is -1.10. The van der Waals surface area contributed by atoms with Gasteiger partial charge >= 0.3 is 0 Å². The average Bonchev–Trinajstić information content (AvgIpc) is 2.75. The molecule has 13 heteroatoms. The summed E-state index contributed by atoms with van der Waals surface area (Å²) in [5.41, 5.74) is 0.907. The predicted molar refractivity (Wildman–Crippen MR) is 151 cm³/mol. The van der Waals surface area contributed by atoms with Crippen molar-refractivity contribution in [3.05, 3.63) is 24.3 Å². The van der Waals surface area contributed by atoms with E-state index < -0.39 is 20.2 Å². The van der Waals surface area contributed by atoms with Crippen LogP contribution >= 0.6 is 0 Å². The number of quaternary nitrogens is 2. The summed E-state index contributed by atoms with van der Waals surface area (Å²) in [6.45, 7) is 14.2. The Hall–Kier alpha value is -1.80. The van der Waals surface area contributed by atoms with Gasteiger partial charge in [-0.05, 0) is 26.7 Å². The molecule has 2 N–H and O–H groups in total. The molecule has 0 spiro atoms. The molecule has 0 saturated carbocycles. The van der Waals surface area contributed by atoms with Gasteiger partial charge in [-0.2, -0.15) is 16.8 Å². The number of rotatable bonds is 21. The number of amides is 2. The van der Waals surface area contributed by atoms with Gasteiger partial charge in [0.25, 0.3) is 20.2 Å². The van der Waals surface area contributed by atoms with Gasteiger partial charge in [-0.15, -0.1) is 3.63 Å². The van der Waals surface area contributed by atoms with Crippen LogP contribution in [0.4, 0.5) is 0 Å². The Morgan fingerprint density at radius 2 is 0.974 bits per heavy atom. The third-order valence-corrected chi connectivity index (χ3v) is 9.24. The van der Waals surface area contributed by atoms with E-state index in [1.165, 1.54) is 0 Å². The largest absolute Gasteiger partial charge is 0.352 e. The van der Waals surface area contributed by atoms with Crippen molar-refractivity contribution in [2.24, 2.45) is 0 Å². The first-order chi connectivity index (χ1) is 17.3. The van der Waals surface area contributed by atoms with E-state index in [1.54, 1.807) is 13.8 Å². The lowest BCUT2D eigenvalue weighted by Crippen LogP contribution is -2.43. The summed E-state index contributed by atoms with van der Waals surface area (Å²) < 4.78 is 54.7. The number of carbonyl (C=O) groups is 2. The van der Waals surface area contributed by atoms with E-state index in [4.69, 9.17) is 0 Å². The van der Waals surface area contributed by atoms with E-state index in [-0.39, 0.29) is 36.2 Å². The van der Waals surface area contributed by atoms with Gasteiger partial charge in [0, 0.05) is 43.5 Å². The average molecular weight is 583 g/mol. The van der Waals surface area contributed by atoms with Crippen LogP contribution in [0.3, 0.4) is 0 Å². The van der Waals surface area contributed by atoms with Crippen LogP contribution in [0.2, 0.25) is 0 Å². The molecule has 222 valence electrons. The zero-order valence-corrected chi connectivity index (χ0v) is 25.8. The summed E-state index contributed by atoms with van der Waals surface area (Å²) in [7, 11) is -0.469. The highest BCUT2D eigenvalue weighted by Crippen LogP contribution is 2.10. The van der Waals surface area contributed by atoms with Crippen LogP contribution in [0.25, 0.3) is 0 Å². The molecule has 0 aliphatic rings. The van der Waals surface area contributed by atoms with Gasteiger partial charge in [0.2, 0.25) is 11.8 Å². The third kappa shape index (κ3) is 18.5. The van der Waals surface area contributed by atoms with Crippen molar-refractivity contribution in [2.45, 2.75) is 46.0 Å². The number of nitrogens with one attached hydrogen (secondary N) is 2. The Kier molecular flexibility index (Phi) is 15.6. The second kappa shape index (κ2) is 16.3. The van der Waals surface area contributed by atoms with E-state index in [9.17, 15) is 26.4 Å². The summed E-state index contributed by atoms with van der Waals surface area (Å²) in [5, 5.41) is 5.55. The van der Waals surface area contributed by atoms with Crippen LogP contribution < -0.4 is 10.6 Å². The number of hydrogen-bond donors (Lipinski definition) is 2. The highest BCUT2D eigenvalue weighted by Gasteiger charge is 2.25. The number of nitrogens with zero attached hydrogens (tertiary/aromatic N) is 2. The van der Waals surface area contributed by atoms with Gasteiger partial charge in [0.15, 0.2) is 0 Å². The molecule has 0 saturated heterocycles. The molecule has 0 heterocycles. The molecule has 0 aromatic rings. The quantitative estimate of drug-likeness (QED) is 0.118. The number of carbonyl (C=O) groups excluding carboxylic acids is 2. The molecule has 0 bridgehead atoms. The molecular formula is C25H50N4O7S2+2. The highest BCUT2D eigenvalue weighted by atomic mass is 32.3. The Balaban J connectivity index is 4.33. The predicted octanol–water partition coefficient (Wildman–Crippen LogP) is 1.15. The minimum atomic E-state index is -4.21. The topological polar surface area (TPSA) is 136 Å². The van der Waals surface area contributed by atoms with Gasteiger partial charge < -0.3 is 19.6 Å². The van der Waals surface area contributed by atoms with Crippen molar-refractivity contribution in [1.82, 2.24) is 10.6 Å². The maximum Gasteiger partial charge on any atom is 0.282 e. The van der Waals surface area contributed by atoms with E-state index in [1.807, 2.05) is 28.2 Å². The van der Waals surface area contributed by atoms with Crippen LogP contribution in [0.15, 0.2) is 24.3 Å². The summed E-state index contributed by atoms with van der Waals surface area (Å²) in [6, 6.07) is 0. The van der Waals surface area contributed by atoms with Crippen LogP contribution in [-0.4, -0.2) is 117 Å². The molecule has 0 aromatic heterocycles. The van der Waals surface area contributed by atoms with E-state index in [0.29, 0.717) is 65.7 Å². The van der Waals surface area contributed by atoms with Crippen molar-refractivity contribution >= 4 is 32.1 Å². The van der Waals surface area contributed by atoms with E-state index in [2.05, 4.69) is 27.4 Å². The van der Waals surface area contributed by atoms with Gasteiger partial charge in [0.05, 0.1) is 65.9 Å². The molecule has 0 fully saturated rings. The minimum absolute atomic E-state index is 0.167. The first kappa shape index (κ1) is 36.2. The summed E-state index contributed by atoms with van der Waals surface area (Å²) >= 11 is 0. The second-order valence-corrected chi connectivity index (χ2v) is 14.8. The normalized spacial score (nSPS) is 12.7. The van der Waals surface area contributed by atoms with Gasteiger partial charge in [-0.1, -0.05) is 13.2 Å². The zero-order chi connectivity index (χ0) is 29.6. The Bertz CT molecular complexity index is 1020. The molecule has 0 aliphatic carbocycles. The van der Waals surface area contributed by atoms with Crippen molar-refractivity contribution in [3.8, 4) is 0 Å². The Morgan fingerprint density at radius 3 is 1.37 bits per heavy atom. The van der Waals surface area contributed by atoms with E-state index >= 15 is 0 Å². The molecule has 0 aromatic carbocycles. The Labute approximate surface area is 230 Å². The molecule has 0 atom stereocenters. The molecule has 2 amide bonds. The zero-order valence-electron chi connectivity index (χ0n) is 24.2. The van der Waals surface area contributed by atoms with Crippen molar-refractivity contribution in [3.63, 3.8) is 0 Å². The summed E-state index contributed by atoms with van der Waals surface area (Å²) in [6.07, 6.45) is 2.61. The first-order valence-corrected chi connectivity index (χ1v) is 16.1. The van der Waals surface area contributed by atoms with Crippen LogP contribution in [0.5, 0.6) is 0 Å². The summed E-state index contributed by atoms with van der Waals surface area (Å²) in [4.78, 5) is 23.0. The fraction of sp³-hybridized carbons (Fsp3) is 0.760. The first-order valence-electron chi connectivity index (χ1n) is 13.0. The highest BCUT2D eigenvalue weighted by molar-refractivity contribution is 7.99. The van der Waals surface area contributed by atoms with Crippen molar-refractivity contribution < 1.29 is 39.0 Å². The molecule has 0 aliphatic heterocycles. The molecule has 38 heavy (non-hydrogen) atoms. The number of unbranched alkanes of at least 4 members (excludes halogenated alkanes) is 1. The van der Waals surface area contributed by atoms with Crippen LogP contribution in [0, 0.1) is 0 Å². The smallest absolute Gasteiger partial charge is 0.282 e. The number of hydrogen-bond acceptors (Lipinski definition) is 7. The van der Waals surface area contributed by atoms with Crippen LogP contribution in [0.1, 0.15) is 46.0 Å². The monoisotopic (exact) mass is 582 g/mol. The lowest BCUT2D eigenvalue weighted by atomic mass is 10.2. The lowest BCUT2D eigenvalue weighted by molar-refractivity contribution is -0.890. The Morgan fingerprint density at radius 1 is 0.632 bits per heavy atom. The fourth-order valence-electron chi connectivity index (χ4n) is 3.66. The maximum atomic E-state index is 12.3. The van der Waals surface area contributed by atoms with E-state index in [0.717, 1.165) is 13.0 Å². The lowest BCUT2D eigenvalue weighted by Gasteiger charge is -2.30. The fourth-order valence-corrected chi connectivity index (χ4v) is 6.51. The maximum absolute atomic E-state index is 12.3. The minimum Gasteiger partial charge on any atom is -0.352 e. The molecule has 0 radical (unpaired) electrons. The van der Waals surface area contributed by atoms with Crippen molar-refractivity contribution in [1.29, 1.82) is 0 Å². The molecule has 0 rings (SSSR count). The third-order valence-electron chi connectivity index (χ3n) is 6.00. The van der Waals surface area contributed by atoms with Gasteiger partial charge in [-0.25, -0.2) is 0 Å². The second-order valence-electron chi connectivity index (χ2n) is 11.2. The van der Waals surface area contributed by atoms with Crippen molar-refractivity contribution in [2.75, 3.05) is 79.0 Å².